The molecule has 0 radical (unpaired) electrons. The SMILES string of the molecule is CCNC(=NCC(C)(C)OC)NCC1CCCOC1c1ccc(C)cc1. The molecule has 2 rings (SSSR count). The molecule has 5 nitrogen and oxygen atoms in total. The number of nitrogens with one attached hydrogen (secondary N) is 2. The van der Waals surface area contributed by atoms with E-state index in [1.165, 1.54) is 11.1 Å². The van der Waals surface area contributed by atoms with Gasteiger partial charge in [0, 0.05) is 32.7 Å². The van der Waals surface area contributed by atoms with Crippen molar-refractivity contribution in [2.24, 2.45) is 10.9 Å². The molecular weight excluding hydrogens is 326 g/mol. The minimum absolute atomic E-state index is 0.148. The van der Waals surface area contributed by atoms with Crippen LogP contribution >= 0.6 is 0 Å². The molecule has 1 aromatic carbocycles. The van der Waals surface area contributed by atoms with Gasteiger partial charge >= 0.3 is 0 Å². The molecule has 0 aliphatic carbocycles. The number of hydrogen-bond donors (Lipinski definition) is 2. The number of rotatable bonds is 7. The van der Waals surface area contributed by atoms with Crippen LogP contribution in [0.4, 0.5) is 0 Å². The zero-order chi connectivity index (χ0) is 19.0. The van der Waals surface area contributed by atoms with Crippen LogP contribution in [0.15, 0.2) is 29.3 Å². The summed E-state index contributed by atoms with van der Waals surface area (Å²) in [6.45, 7) is 11.4. The van der Waals surface area contributed by atoms with Crippen LogP contribution in [-0.2, 0) is 9.47 Å². The maximum absolute atomic E-state index is 6.12. The van der Waals surface area contributed by atoms with Crippen molar-refractivity contribution in [2.45, 2.75) is 52.2 Å². The summed E-state index contributed by atoms with van der Waals surface area (Å²) in [5.74, 6) is 1.27. The minimum Gasteiger partial charge on any atom is -0.377 e. The van der Waals surface area contributed by atoms with Gasteiger partial charge in [-0.05, 0) is 46.1 Å². The van der Waals surface area contributed by atoms with Gasteiger partial charge in [0.15, 0.2) is 5.96 Å². The molecule has 26 heavy (non-hydrogen) atoms. The van der Waals surface area contributed by atoms with Crippen molar-refractivity contribution in [3.05, 3.63) is 35.4 Å². The molecule has 1 aliphatic rings. The van der Waals surface area contributed by atoms with E-state index in [-0.39, 0.29) is 11.7 Å². The van der Waals surface area contributed by atoms with Crippen LogP contribution in [0.5, 0.6) is 0 Å². The largest absolute Gasteiger partial charge is 0.377 e. The molecule has 0 spiro atoms. The minimum atomic E-state index is -0.263. The maximum Gasteiger partial charge on any atom is 0.191 e. The fourth-order valence-corrected chi connectivity index (χ4v) is 3.08. The molecular formula is C21H35N3O2. The van der Waals surface area contributed by atoms with E-state index in [0.29, 0.717) is 12.5 Å². The summed E-state index contributed by atoms with van der Waals surface area (Å²) in [5, 5.41) is 6.82. The lowest BCUT2D eigenvalue weighted by Gasteiger charge is -2.33. The van der Waals surface area contributed by atoms with Gasteiger partial charge in [-0.25, -0.2) is 0 Å². The number of guanidine groups is 1. The zero-order valence-electron chi connectivity index (χ0n) is 17.0. The smallest absolute Gasteiger partial charge is 0.191 e. The Hall–Kier alpha value is -1.59. The highest BCUT2D eigenvalue weighted by Gasteiger charge is 2.27. The Balaban J connectivity index is 2.00. The van der Waals surface area contributed by atoms with Crippen LogP contribution in [-0.4, -0.2) is 44.9 Å². The van der Waals surface area contributed by atoms with Gasteiger partial charge < -0.3 is 20.1 Å². The summed E-state index contributed by atoms with van der Waals surface area (Å²) < 4.78 is 11.6. The summed E-state index contributed by atoms with van der Waals surface area (Å²) in [7, 11) is 1.72. The molecule has 0 amide bonds. The first kappa shape index (κ1) is 20.7. The highest BCUT2D eigenvalue weighted by molar-refractivity contribution is 5.79. The highest BCUT2D eigenvalue weighted by Crippen LogP contribution is 2.33. The normalized spacial score (nSPS) is 21.5. The van der Waals surface area contributed by atoms with Crippen LogP contribution in [0.1, 0.15) is 50.8 Å². The van der Waals surface area contributed by atoms with Crippen molar-refractivity contribution in [1.82, 2.24) is 10.6 Å². The lowest BCUT2D eigenvalue weighted by molar-refractivity contribution is -0.0265. The van der Waals surface area contributed by atoms with Crippen molar-refractivity contribution in [3.63, 3.8) is 0 Å². The molecule has 0 bridgehead atoms. The van der Waals surface area contributed by atoms with E-state index < -0.39 is 0 Å². The van der Waals surface area contributed by atoms with Gasteiger partial charge in [-0.2, -0.15) is 0 Å². The Morgan fingerprint density at radius 3 is 2.65 bits per heavy atom. The predicted octanol–water partition coefficient (Wildman–Crippen LogP) is 3.44. The fraction of sp³-hybridized carbons (Fsp3) is 0.667. The van der Waals surface area contributed by atoms with Crippen molar-refractivity contribution >= 4 is 5.96 Å². The molecule has 1 heterocycles. The number of methoxy groups -OCH3 is 1. The molecule has 0 aromatic heterocycles. The summed E-state index contributed by atoms with van der Waals surface area (Å²) in [5.41, 5.74) is 2.28. The van der Waals surface area contributed by atoms with Gasteiger partial charge in [-0.15, -0.1) is 0 Å². The predicted molar refractivity (Wildman–Crippen MR) is 108 cm³/mol. The summed E-state index contributed by atoms with van der Waals surface area (Å²) in [4.78, 5) is 4.68. The molecule has 2 unspecified atom stereocenters. The second kappa shape index (κ2) is 9.93. The monoisotopic (exact) mass is 361 g/mol. The third-order valence-electron chi connectivity index (χ3n) is 4.90. The van der Waals surface area contributed by atoms with Crippen LogP contribution in [0.2, 0.25) is 0 Å². The first-order valence-corrected chi connectivity index (χ1v) is 9.70. The lowest BCUT2D eigenvalue weighted by Crippen LogP contribution is -2.43. The van der Waals surface area contributed by atoms with Crippen molar-refractivity contribution < 1.29 is 9.47 Å². The molecule has 146 valence electrons. The number of ether oxygens (including phenoxy) is 2. The number of nitrogens with zero attached hydrogens (tertiary/aromatic N) is 1. The molecule has 1 fully saturated rings. The Bertz CT molecular complexity index is 569. The molecule has 1 saturated heterocycles. The van der Waals surface area contributed by atoms with Crippen LogP contribution in [0.3, 0.4) is 0 Å². The van der Waals surface area contributed by atoms with Gasteiger partial charge in [0.05, 0.1) is 18.2 Å². The Morgan fingerprint density at radius 2 is 2.00 bits per heavy atom. The summed E-state index contributed by atoms with van der Waals surface area (Å²) in [6.07, 6.45) is 2.42. The second-order valence-electron chi connectivity index (χ2n) is 7.64. The van der Waals surface area contributed by atoms with E-state index in [0.717, 1.165) is 38.5 Å². The van der Waals surface area contributed by atoms with Crippen LogP contribution in [0.25, 0.3) is 0 Å². The van der Waals surface area contributed by atoms with E-state index in [9.17, 15) is 0 Å². The van der Waals surface area contributed by atoms with Crippen molar-refractivity contribution in [1.29, 1.82) is 0 Å². The van der Waals surface area contributed by atoms with Gasteiger partial charge in [-0.1, -0.05) is 29.8 Å². The van der Waals surface area contributed by atoms with E-state index in [4.69, 9.17) is 9.47 Å². The maximum atomic E-state index is 6.12. The first-order valence-electron chi connectivity index (χ1n) is 9.70. The highest BCUT2D eigenvalue weighted by atomic mass is 16.5. The fourth-order valence-electron chi connectivity index (χ4n) is 3.08. The van der Waals surface area contributed by atoms with Gasteiger partial charge in [0.1, 0.15) is 0 Å². The first-order chi connectivity index (χ1) is 12.4. The zero-order valence-corrected chi connectivity index (χ0v) is 17.0. The van der Waals surface area contributed by atoms with Crippen molar-refractivity contribution in [3.8, 4) is 0 Å². The quantitative estimate of drug-likeness (QED) is 0.577. The summed E-state index contributed by atoms with van der Waals surface area (Å²) in [6, 6.07) is 8.71. The topological polar surface area (TPSA) is 54.9 Å². The second-order valence-corrected chi connectivity index (χ2v) is 7.64. The number of hydrogen-bond acceptors (Lipinski definition) is 3. The standard InChI is InChI=1S/C21H35N3O2/c1-6-22-20(24-15-21(3,4)25-5)23-14-18-8-7-13-26-19(18)17-11-9-16(2)10-12-17/h9-12,18-19H,6-8,13-15H2,1-5H3,(H2,22,23,24). The lowest BCUT2D eigenvalue weighted by atomic mass is 9.89. The molecule has 5 heteroatoms. The molecule has 1 aliphatic heterocycles. The number of aryl methyl sites for hydroxylation is 1. The van der Waals surface area contributed by atoms with Gasteiger partial charge in [0.25, 0.3) is 0 Å². The number of benzene rings is 1. The Morgan fingerprint density at radius 1 is 1.27 bits per heavy atom. The van der Waals surface area contributed by atoms with Gasteiger partial charge in [0.2, 0.25) is 0 Å². The third-order valence-corrected chi connectivity index (χ3v) is 4.90. The Labute approximate surface area is 158 Å². The Kier molecular flexibility index (Phi) is 7.91. The molecule has 2 N–H and O–H groups in total. The molecule has 1 aromatic rings. The summed E-state index contributed by atoms with van der Waals surface area (Å²) >= 11 is 0. The van der Waals surface area contributed by atoms with E-state index in [2.05, 4.69) is 53.7 Å². The van der Waals surface area contributed by atoms with E-state index in [1.54, 1.807) is 7.11 Å². The third kappa shape index (κ3) is 6.29. The van der Waals surface area contributed by atoms with Crippen LogP contribution in [0, 0.1) is 12.8 Å². The average molecular weight is 362 g/mol. The van der Waals surface area contributed by atoms with E-state index in [1.807, 2.05) is 13.8 Å². The van der Waals surface area contributed by atoms with E-state index >= 15 is 0 Å². The number of aliphatic imine (C=N–C) groups is 1. The van der Waals surface area contributed by atoms with Gasteiger partial charge in [-0.3, -0.25) is 4.99 Å². The van der Waals surface area contributed by atoms with Crippen molar-refractivity contribution in [2.75, 3.05) is 33.4 Å². The van der Waals surface area contributed by atoms with Crippen LogP contribution < -0.4 is 10.6 Å². The molecule has 0 saturated carbocycles. The average Bonchev–Trinajstić information content (AvgIpc) is 2.65. The molecule has 2 atom stereocenters.